The Kier molecular flexibility index (Phi) is 2.56. The average molecular weight is 252 g/mol. The Bertz CT molecular complexity index is 775. The Morgan fingerprint density at radius 1 is 1.26 bits per heavy atom. The van der Waals surface area contributed by atoms with Crippen LogP contribution < -0.4 is 0 Å². The maximum atomic E-state index is 11.0. The molecule has 3 aromatic rings. The number of nitrogens with zero attached hydrogens (tertiary/aromatic N) is 1. The molecule has 0 spiro atoms. The van der Waals surface area contributed by atoms with Crippen LogP contribution >= 0.6 is 0 Å². The van der Waals surface area contributed by atoms with Crippen molar-refractivity contribution in [1.29, 1.82) is 0 Å². The number of carbonyl (C=O) groups is 1. The third-order valence-corrected chi connectivity index (χ3v) is 3.12. The molecule has 3 rings (SSSR count). The molecule has 0 saturated carbocycles. The summed E-state index contributed by atoms with van der Waals surface area (Å²) < 4.78 is 0. The number of aromatic nitrogens is 2. The van der Waals surface area contributed by atoms with E-state index in [4.69, 9.17) is 5.11 Å². The summed E-state index contributed by atoms with van der Waals surface area (Å²) in [5, 5.41) is 10.1. The number of fused-ring (bicyclic) bond motifs is 1. The topological polar surface area (TPSA) is 66.0 Å². The molecule has 19 heavy (non-hydrogen) atoms. The first-order valence-corrected chi connectivity index (χ1v) is 5.92. The van der Waals surface area contributed by atoms with E-state index >= 15 is 0 Å². The van der Waals surface area contributed by atoms with E-state index < -0.39 is 5.97 Å². The van der Waals surface area contributed by atoms with Gasteiger partial charge in [-0.3, -0.25) is 4.98 Å². The molecule has 0 fully saturated rings. The number of hydrogen-bond acceptors (Lipinski definition) is 2. The van der Waals surface area contributed by atoms with E-state index in [0.717, 1.165) is 22.0 Å². The van der Waals surface area contributed by atoms with Gasteiger partial charge in [-0.2, -0.15) is 0 Å². The Balaban J connectivity index is 2.21. The molecular formula is C15H12N2O2. The summed E-state index contributed by atoms with van der Waals surface area (Å²) in [7, 11) is 0. The predicted molar refractivity (Wildman–Crippen MR) is 73.2 cm³/mol. The highest BCUT2D eigenvalue weighted by molar-refractivity contribution is 5.96. The number of aryl methyl sites for hydroxylation is 1. The Labute approximate surface area is 109 Å². The quantitative estimate of drug-likeness (QED) is 0.735. The van der Waals surface area contributed by atoms with Crippen LogP contribution in [-0.2, 0) is 0 Å². The molecule has 2 aromatic heterocycles. The number of nitrogens with one attached hydrogen (secondary N) is 1. The van der Waals surface area contributed by atoms with Gasteiger partial charge in [0.25, 0.3) is 0 Å². The lowest BCUT2D eigenvalue weighted by molar-refractivity contribution is 0.0697. The molecule has 0 atom stereocenters. The van der Waals surface area contributed by atoms with Crippen molar-refractivity contribution < 1.29 is 9.90 Å². The highest BCUT2D eigenvalue weighted by Gasteiger charge is 2.10. The highest BCUT2D eigenvalue weighted by atomic mass is 16.4. The lowest BCUT2D eigenvalue weighted by Crippen LogP contribution is -1.97. The van der Waals surface area contributed by atoms with Gasteiger partial charge in [-0.15, -0.1) is 0 Å². The first-order valence-electron chi connectivity index (χ1n) is 5.92. The standard InChI is InChI=1S/C15H12N2O2/c1-9-2-3-13-11(6-9)12(8-17-13)14-7-10(15(18)19)4-5-16-14/h2-8,17H,1H3,(H,18,19). The first kappa shape index (κ1) is 11.5. The van der Waals surface area contributed by atoms with E-state index in [1.807, 2.05) is 25.3 Å². The zero-order chi connectivity index (χ0) is 13.4. The normalized spacial score (nSPS) is 10.8. The zero-order valence-electron chi connectivity index (χ0n) is 10.3. The van der Waals surface area contributed by atoms with Crippen molar-refractivity contribution in [2.75, 3.05) is 0 Å². The monoisotopic (exact) mass is 252 g/mol. The van der Waals surface area contributed by atoms with Gasteiger partial charge in [-0.05, 0) is 31.2 Å². The summed E-state index contributed by atoms with van der Waals surface area (Å²) >= 11 is 0. The van der Waals surface area contributed by atoms with Crippen molar-refractivity contribution in [2.24, 2.45) is 0 Å². The minimum absolute atomic E-state index is 0.243. The van der Waals surface area contributed by atoms with Gasteiger partial charge >= 0.3 is 5.97 Å². The van der Waals surface area contributed by atoms with Crippen molar-refractivity contribution in [3.63, 3.8) is 0 Å². The molecule has 2 heterocycles. The summed E-state index contributed by atoms with van der Waals surface area (Å²) in [5.74, 6) is -0.945. The number of benzene rings is 1. The summed E-state index contributed by atoms with van der Waals surface area (Å²) in [6.07, 6.45) is 3.38. The fraction of sp³-hybridized carbons (Fsp3) is 0.0667. The fourth-order valence-electron chi connectivity index (χ4n) is 2.16. The van der Waals surface area contributed by atoms with E-state index in [9.17, 15) is 4.79 Å². The second-order valence-electron chi connectivity index (χ2n) is 4.49. The van der Waals surface area contributed by atoms with Crippen LogP contribution in [0.5, 0.6) is 0 Å². The van der Waals surface area contributed by atoms with Crippen LogP contribution in [0.15, 0.2) is 42.7 Å². The minimum atomic E-state index is -0.945. The van der Waals surface area contributed by atoms with Gasteiger partial charge in [0.15, 0.2) is 0 Å². The first-order chi connectivity index (χ1) is 9.15. The van der Waals surface area contributed by atoms with Gasteiger partial charge < -0.3 is 10.1 Å². The highest BCUT2D eigenvalue weighted by Crippen LogP contribution is 2.28. The third kappa shape index (κ3) is 1.97. The molecule has 0 radical (unpaired) electrons. The van der Waals surface area contributed by atoms with E-state index in [-0.39, 0.29) is 5.56 Å². The smallest absolute Gasteiger partial charge is 0.335 e. The van der Waals surface area contributed by atoms with Crippen molar-refractivity contribution in [2.45, 2.75) is 6.92 Å². The lowest BCUT2D eigenvalue weighted by atomic mass is 10.1. The summed E-state index contributed by atoms with van der Waals surface area (Å²) in [4.78, 5) is 18.4. The molecule has 94 valence electrons. The summed E-state index contributed by atoms with van der Waals surface area (Å²) in [5.41, 5.74) is 4.00. The number of aromatic carboxylic acids is 1. The number of aromatic amines is 1. The van der Waals surface area contributed by atoms with E-state index in [1.165, 1.54) is 12.3 Å². The van der Waals surface area contributed by atoms with Gasteiger partial charge in [0, 0.05) is 28.9 Å². The van der Waals surface area contributed by atoms with Gasteiger partial charge in [0.2, 0.25) is 0 Å². The van der Waals surface area contributed by atoms with Gasteiger partial charge in [0.1, 0.15) is 0 Å². The predicted octanol–water partition coefficient (Wildman–Crippen LogP) is 3.24. The number of carboxylic acid groups (broad SMARTS) is 1. The lowest BCUT2D eigenvalue weighted by Gasteiger charge is -2.01. The van der Waals surface area contributed by atoms with Crippen molar-refractivity contribution >= 4 is 16.9 Å². The van der Waals surface area contributed by atoms with Crippen molar-refractivity contribution in [1.82, 2.24) is 9.97 Å². The SMILES string of the molecule is Cc1ccc2[nH]cc(-c3cc(C(=O)O)ccn3)c2c1. The Morgan fingerprint density at radius 3 is 2.89 bits per heavy atom. The van der Waals surface area contributed by atoms with Gasteiger partial charge in [-0.25, -0.2) is 4.79 Å². The van der Waals surface area contributed by atoms with Crippen LogP contribution in [-0.4, -0.2) is 21.0 Å². The molecule has 0 aliphatic carbocycles. The van der Waals surface area contributed by atoms with E-state index in [2.05, 4.69) is 16.0 Å². The number of hydrogen-bond donors (Lipinski definition) is 2. The second kappa shape index (κ2) is 4.24. The minimum Gasteiger partial charge on any atom is -0.478 e. The maximum Gasteiger partial charge on any atom is 0.335 e. The van der Waals surface area contributed by atoms with Gasteiger partial charge in [0.05, 0.1) is 11.3 Å². The Hall–Kier alpha value is -2.62. The molecule has 0 bridgehead atoms. The van der Waals surface area contributed by atoms with E-state index in [1.54, 1.807) is 6.07 Å². The largest absolute Gasteiger partial charge is 0.478 e. The number of carboxylic acids is 1. The van der Waals surface area contributed by atoms with Crippen LogP contribution in [0, 0.1) is 6.92 Å². The number of pyridine rings is 1. The molecule has 0 aliphatic rings. The molecule has 0 saturated heterocycles. The molecule has 1 aromatic carbocycles. The Morgan fingerprint density at radius 2 is 2.11 bits per heavy atom. The average Bonchev–Trinajstić information content (AvgIpc) is 2.81. The van der Waals surface area contributed by atoms with Crippen molar-refractivity contribution in [3.05, 3.63) is 53.9 Å². The van der Waals surface area contributed by atoms with Crippen LogP contribution in [0.1, 0.15) is 15.9 Å². The van der Waals surface area contributed by atoms with Crippen molar-refractivity contribution in [3.8, 4) is 11.3 Å². The molecular weight excluding hydrogens is 240 g/mol. The second-order valence-corrected chi connectivity index (χ2v) is 4.49. The van der Waals surface area contributed by atoms with E-state index in [0.29, 0.717) is 5.69 Å². The number of rotatable bonds is 2. The maximum absolute atomic E-state index is 11.0. The molecule has 4 heteroatoms. The summed E-state index contributed by atoms with van der Waals surface area (Å²) in [6.45, 7) is 2.03. The van der Waals surface area contributed by atoms with Crippen LogP contribution in [0.4, 0.5) is 0 Å². The van der Waals surface area contributed by atoms with Crippen LogP contribution in [0.2, 0.25) is 0 Å². The molecule has 0 unspecified atom stereocenters. The van der Waals surface area contributed by atoms with Crippen LogP contribution in [0.25, 0.3) is 22.2 Å². The number of H-pyrrole nitrogens is 1. The van der Waals surface area contributed by atoms with Gasteiger partial charge in [-0.1, -0.05) is 11.6 Å². The summed E-state index contributed by atoms with van der Waals surface area (Å²) in [6, 6.07) is 9.19. The zero-order valence-corrected chi connectivity index (χ0v) is 10.3. The fourth-order valence-corrected chi connectivity index (χ4v) is 2.16. The molecule has 0 aliphatic heterocycles. The van der Waals surface area contributed by atoms with Crippen LogP contribution in [0.3, 0.4) is 0 Å². The third-order valence-electron chi connectivity index (χ3n) is 3.12. The molecule has 0 amide bonds. The molecule has 2 N–H and O–H groups in total. The molecule has 4 nitrogen and oxygen atoms in total.